The summed E-state index contributed by atoms with van der Waals surface area (Å²) in [7, 11) is 0. The highest BCUT2D eigenvalue weighted by molar-refractivity contribution is 9.10. The van der Waals surface area contributed by atoms with Gasteiger partial charge in [0.15, 0.2) is 5.92 Å². The first kappa shape index (κ1) is 21.6. The van der Waals surface area contributed by atoms with Crippen LogP contribution in [0.2, 0.25) is 0 Å². The summed E-state index contributed by atoms with van der Waals surface area (Å²) < 4.78 is 6.10. The summed E-state index contributed by atoms with van der Waals surface area (Å²) in [4.78, 5) is 30.4. The number of nitrogens with zero attached hydrogens (tertiary/aromatic N) is 2. The lowest BCUT2D eigenvalue weighted by atomic mass is 9.97. The maximum absolute atomic E-state index is 12.8. The van der Waals surface area contributed by atoms with E-state index in [9.17, 15) is 14.9 Å². The summed E-state index contributed by atoms with van der Waals surface area (Å²) in [6.45, 7) is 3.78. The van der Waals surface area contributed by atoms with Crippen molar-refractivity contribution in [1.29, 1.82) is 5.26 Å². The third-order valence-corrected chi connectivity index (χ3v) is 6.46. The molecule has 0 saturated carbocycles. The van der Waals surface area contributed by atoms with Crippen LogP contribution < -0.4 is 4.90 Å². The van der Waals surface area contributed by atoms with E-state index in [-0.39, 0.29) is 24.2 Å². The molecule has 8 heteroatoms. The molecule has 1 unspecified atom stereocenters. The minimum absolute atomic E-state index is 0.149. The lowest BCUT2D eigenvalue weighted by Gasteiger charge is -2.28. The number of carbonyl (C=O) groups is 2. The first-order valence-corrected chi connectivity index (χ1v) is 11.3. The van der Waals surface area contributed by atoms with Gasteiger partial charge >= 0.3 is 5.97 Å². The zero-order valence-electron chi connectivity index (χ0n) is 16.2. The SMILES string of the molecule is CCOC(=O)[C@H]1CCC[NH+](CC(=O)[C@@H](C#N)c2nc(-c3ccc(Br)cc3)cs2)C1. The molecule has 3 atom stereocenters. The minimum Gasteiger partial charge on any atom is -0.466 e. The smallest absolute Gasteiger partial charge is 0.314 e. The number of quaternary nitrogens is 1. The lowest BCUT2D eigenvalue weighted by molar-refractivity contribution is -0.899. The number of likely N-dealkylation sites (tertiary alicyclic amines) is 1. The van der Waals surface area contributed by atoms with E-state index in [2.05, 4.69) is 27.0 Å². The second-order valence-corrected chi connectivity index (χ2v) is 8.88. The van der Waals surface area contributed by atoms with E-state index in [1.54, 1.807) is 6.92 Å². The van der Waals surface area contributed by atoms with E-state index < -0.39 is 5.92 Å². The molecule has 1 aliphatic rings. The Morgan fingerprint density at radius 2 is 2.17 bits per heavy atom. The predicted octanol–water partition coefficient (Wildman–Crippen LogP) is 2.61. The lowest BCUT2D eigenvalue weighted by Crippen LogP contribution is -3.14. The Hall–Kier alpha value is -2.08. The summed E-state index contributed by atoms with van der Waals surface area (Å²) in [5.41, 5.74) is 1.71. The number of esters is 1. The number of Topliss-reactive ketones (excluding diaryl/α,β-unsaturated/α-hetero) is 1. The Labute approximate surface area is 182 Å². The number of thiazole rings is 1. The van der Waals surface area contributed by atoms with E-state index in [0.29, 0.717) is 18.2 Å². The van der Waals surface area contributed by atoms with Crippen molar-refractivity contribution < 1.29 is 19.2 Å². The molecule has 1 fully saturated rings. The van der Waals surface area contributed by atoms with Gasteiger partial charge in [-0.3, -0.25) is 9.59 Å². The van der Waals surface area contributed by atoms with Crippen LogP contribution in [0.3, 0.4) is 0 Å². The highest BCUT2D eigenvalue weighted by atomic mass is 79.9. The number of rotatable bonds is 7. The molecule has 0 aliphatic carbocycles. The van der Waals surface area contributed by atoms with Crippen LogP contribution in [0.25, 0.3) is 11.3 Å². The highest BCUT2D eigenvalue weighted by Gasteiger charge is 2.33. The van der Waals surface area contributed by atoms with Crippen LogP contribution in [0.4, 0.5) is 0 Å². The molecule has 0 radical (unpaired) electrons. The fourth-order valence-corrected chi connectivity index (χ4v) is 4.72. The average Bonchev–Trinajstić information content (AvgIpc) is 3.19. The normalized spacial score (nSPS) is 19.9. The quantitative estimate of drug-likeness (QED) is 0.620. The summed E-state index contributed by atoms with van der Waals surface area (Å²) in [5.74, 6) is -1.38. The maximum Gasteiger partial charge on any atom is 0.314 e. The van der Waals surface area contributed by atoms with Crippen molar-refractivity contribution >= 4 is 39.0 Å². The van der Waals surface area contributed by atoms with Gasteiger partial charge in [0.05, 0.1) is 31.5 Å². The first-order chi connectivity index (χ1) is 14.0. The Bertz CT molecular complexity index is 907. The number of ether oxygens (including phenoxy) is 1. The Kier molecular flexibility index (Phi) is 7.53. The van der Waals surface area contributed by atoms with Crippen LogP contribution in [0.15, 0.2) is 34.1 Å². The van der Waals surface area contributed by atoms with E-state index in [1.807, 2.05) is 29.6 Å². The summed E-state index contributed by atoms with van der Waals surface area (Å²) in [6.07, 6.45) is 1.66. The van der Waals surface area contributed by atoms with Crippen LogP contribution in [-0.2, 0) is 14.3 Å². The number of carbonyl (C=O) groups excluding carboxylic acids is 2. The Balaban J connectivity index is 1.66. The zero-order valence-corrected chi connectivity index (χ0v) is 18.6. The molecule has 2 heterocycles. The number of aromatic nitrogens is 1. The second kappa shape index (κ2) is 10.1. The second-order valence-electron chi connectivity index (χ2n) is 7.08. The number of hydrogen-bond acceptors (Lipinski definition) is 6. The van der Waals surface area contributed by atoms with E-state index in [4.69, 9.17) is 4.74 Å². The Morgan fingerprint density at radius 3 is 2.86 bits per heavy atom. The largest absolute Gasteiger partial charge is 0.466 e. The van der Waals surface area contributed by atoms with E-state index >= 15 is 0 Å². The van der Waals surface area contributed by atoms with Crippen molar-refractivity contribution in [2.75, 3.05) is 26.2 Å². The molecule has 1 aromatic carbocycles. The van der Waals surface area contributed by atoms with Crippen LogP contribution in [0.1, 0.15) is 30.7 Å². The number of nitrogens with one attached hydrogen (secondary N) is 1. The predicted molar refractivity (Wildman–Crippen MR) is 114 cm³/mol. The van der Waals surface area contributed by atoms with Crippen molar-refractivity contribution in [3.05, 3.63) is 39.1 Å². The third-order valence-electron chi connectivity index (χ3n) is 5.02. The van der Waals surface area contributed by atoms with Crippen molar-refractivity contribution in [2.24, 2.45) is 5.92 Å². The fraction of sp³-hybridized carbons (Fsp3) is 0.429. The molecule has 3 rings (SSSR count). The van der Waals surface area contributed by atoms with Gasteiger partial charge < -0.3 is 9.64 Å². The molecule has 0 spiro atoms. The van der Waals surface area contributed by atoms with Crippen LogP contribution in [-0.4, -0.2) is 43.0 Å². The van der Waals surface area contributed by atoms with E-state index in [0.717, 1.165) is 40.0 Å². The third kappa shape index (κ3) is 5.50. The van der Waals surface area contributed by atoms with Gasteiger partial charge in [0.1, 0.15) is 17.5 Å². The Morgan fingerprint density at radius 1 is 1.41 bits per heavy atom. The van der Waals surface area contributed by atoms with Crippen LogP contribution >= 0.6 is 27.3 Å². The van der Waals surface area contributed by atoms with Gasteiger partial charge in [-0.25, -0.2) is 4.98 Å². The van der Waals surface area contributed by atoms with Gasteiger partial charge in [-0.05, 0) is 31.9 Å². The number of hydrogen-bond donors (Lipinski definition) is 1. The maximum atomic E-state index is 12.8. The number of halogens is 1. The van der Waals surface area contributed by atoms with Crippen molar-refractivity contribution in [1.82, 2.24) is 4.98 Å². The molecule has 0 bridgehead atoms. The molecule has 1 aliphatic heterocycles. The monoisotopic (exact) mass is 476 g/mol. The molecule has 2 aromatic rings. The molecule has 1 N–H and O–H groups in total. The minimum atomic E-state index is -0.875. The molecule has 6 nitrogen and oxygen atoms in total. The fourth-order valence-electron chi connectivity index (χ4n) is 3.56. The molecule has 29 heavy (non-hydrogen) atoms. The number of piperidine rings is 1. The van der Waals surface area contributed by atoms with Gasteiger partial charge in [0.2, 0.25) is 5.78 Å². The molecule has 1 saturated heterocycles. The van der Waals surface area contributed by atoms with Gasteiger partial charge in [-0.15, -0.1) is 11.3 Å². The van der Waals surface area contributed by atoms with Gasteiger partial charge in [-0.1, -0.05) is 28.1 Å². The number of ketones is 1. The van der Waals surface area contributed by atoms with Crippen LogP contribution in [0, 0.1) is 17.2 Å². The molecule has 1 aromatic heterocycles. The standard InChI is InChI=1S/C21H22BrN3O3S/c1-2-28-21(27)15-4-3-9-25(11-15)12-19(26)17(10-23)20-24-18(13-29-20)14-5-7-16(22)8-6-14/h5-8,13,15,17H,2-4,9,11-12H2,1H3/p+1/t15-,17+/m0/s1. The number of nitriles is 1. The van der Waals surface area contributed by atoms with Gasteiger partial charge in [0.25, 0.3) is 0 Å². The topological polar surface area (TPSA) is 84.5 Å². The first-order valence-electron chi connectivity index (χ1n) is 9.65. The molecule has 152 valence electrons. The summed E-state index contributed by atoms with van der Waals surface area (Å²) >= 11 is 4.74. The average molecular weight is 477 g/mol. The van der Waals surface area contributed by atoms with Crippen molar-refractivity contribution in [3.8, 4) is 17.3 Å². The van der Waals surface area contributed by atoms with E-state index in [1.165, 1.54) is 11.3 Å². The van der Waals surface area contributed by atoms with Crippen molar-refractivity contribution in [3.63, 3.8) is 0 Å². The summed E-state index contributed by atoms with van der Waals surface area (Å²) in [6, 6.07) is 9.87. The summed E-state index contributed by atoms with van der Waals surface area (Å²) in [5, 5.41) is 12.0. The molecular formula is C21H23BrN3O3S+. The molecular weight excluding hydrogens is 454 g/mol. The highest BCUT2D eigenvalue weighted by Crippen LogP contribution is 2.27. The molecule has 0 amide bonds. The van der Waals surface area contributed by atoms with Gasteiger partial charge in [-0.2, -0.15) is 5.26 Å². The van der Waals surface area contributed by atoms with Crippen molar-refractivity contribution in [2.45, 2.75) is 25.7 Å². The van der Waals surface area contributed by atoms with Gasteiger partial charge in [0, 0.05) is 15.4 Å². The number of benzene rings is 1. The van der Waals surface area contributed by atoms with Crippen LogP contribution in [0.5, 0.6) is 0 Å². The zero-order chi connectivity index (χ0) is 20.8.